The van der Waals surface area contributed by atoms with Gasteiger partial charge in [0.15, 0.2) is 0 Å². The van der Waals surface area contributed by atoms with E-state index in [0.717, 1.165) is 16.9 Å². The molecule has 1 aliphatic heterocycles. The van der Waals surface area contributed by atoms with Gasteiger partial charge >= 0.3 is 0 Å². The van der Waals surface area contributed by atoms with Gasteiger partial charge in [0.05, 0.1) is 18.7 Å². The molecular formula is C16H14ClN3OS. The quantitative estimate of drug-likeness (QED) is 0.627. The van der Waals surface area contributed by atoms with Gasteiger partial charge < -0.3 is 9.45 Å². The Morgan fingerprint density at radius 3 is 2.55 bits per heavy atom. The number of nitrogens with zero attached hydrogens (tertiary/aromatic N) is 3. The van der Waals surface area contributed by atoms with Crippen LogP contribution in [0.1, 0.15) is 5.56 Å². The molecule has 1 aromatic carbocycles. The van der Waals surface area contributed by atoms with Gasteiger partial charge in [-0.05, 0) is 11.6 Å². The Hall–Kier alpha value is -1.74. The maximum atomic E-state index is 11.5. The molecule has 0 saturated carbocycles. The van der Waals surface area contributed by atoms with Crippen LogP contribution in [0, 0.1) is 11.3 Å². The van der Waals surface area contributed by atoms with Crippen LogP contribution in [-0.2, 0) is 11.2 Å². The first kappa shape index (κ1) is 15.2. The second-order valence-electron chi connectivity index (χ2n) is 5.01. The first-order valence-electron chi connectivity index (χ1n) is 6.95. The Kier molecular flexibility index (Phi) is 4.53. The van der Waals surface area contributed by atoms with E-state index in [1.807, 2.05) is 36.4 Å². The molecular weight excluding hydrogens is 318 g/mol. The number of pyridine rings is 1. The molecule has 1 fully saturated rings. The van der Waals surface area contributed by atoms with Gasteiger partial charge in [-0.3, -0.25) is 0 Å². The fourth-order valence-corrected chi connectivity index (χ4v) is 3.76. The van der Waals surface area contributed by atoms with Crippen molar-refractivity contribution in [2.75, 3.05) is 29.5 Å². The van der Waals surface area contributed by atoms with Gasteiger partial charge in [-0.15, -0.1) is 0 Å². The minimum absolute atomic E-state index is 0.213. The van der Waals surface area contributed by atoms with E-state index in [1.165, 1.54) is 0 Å². The minimum atomic E-state index is -0.742. The predicted molar refractivity (Wildman–Crippen MR) is 89.5 cm³/mol. The topological polar surface area (TPSA) is 63.0 Å². The van der Waals surface area contributed by atoms with Gasteiger partial charge in [0.25, 0.3) is 0 Å². The lowest BCUT2D eigenvalue weighted by Gasteiger charge is -2.29. The van der Waals surface area contributed by atoms with E-state index in [0.29, 0.717) is 30.2 Å². The second kappa shape index (κ2) is 6.57. The molecule has 0 spiro atoms. The van der Waals surface area contributed by atoms with Crippen LogP contribution in [-0.4, -0.2) is 34.1 Å². The first-order valence-corrected chi connectivity index (χ1v) is 8.81. The molecule has 1 aromatic heterocycles. The van der Waals surface area contributed by atoms with Crippen molar-refractivity contribution < 1.29 is 4.55 Å². The van der Waals surface area contributed by atoms with Crippen molar-refractivity contribution in [3.05, 3.63) is 47.1 Å². The summed E-state index contributed by atoms with van der Waals surface area (Å²) in [6.07, 6.45) is 0. The molecule has 2 aromatic rings. The van der Waals surface area contributed by atoms with E-state index in [2.05, 4.69) is 16.0 Å². The number of hydrogen-bond acceptors (Lipinski definition) is 4. The minimum Gasteiger partial charge on any atom is -0.616 e. The van der Waals surface area contributed by atoms with Crippen LogP contribution >= 0.6 is 11.6 Å². The zero-order valence-corrected chi connectivity index (χ0v) is 13.4. The molecule has 4 nitrogen and oxygen atoms in total. The van der Waals surface area contributed by atoms with Crippen molar-refractivity contribution in [1.82, 2.24) is 4.98 Å². The summed E-state index contributed by atoms with van der Waals surface area (Å²) in [5.41, 5.74) is 2.10. The highest BCUT2D eigenvalue weighted by Gasteiger charge is 2.22. The average molecular weight is 332 g/mol. The smallest absolute Gasteiger partial charge is 0.149 e. The van der Waals surface area contributed by atoms with E-state index >= 15 is 0 Å². The Bertz CT molecular complexity index is 709. The summed E-state index contributed by atoms with van der Waals surface area (Å²) in [6, 6.07) is 13.7. The SMILES string of the molecule is N#Cc1c(-c2ccccc2)cc(N2CC[S+]([O-])CC2)nc1Cl. The molecule has 0 bridgehead atoms. The van der Waals surface area contributed by atoms with Crippen LogP contribution < -0.4 is 4.90 Å². The van der Waals surface area contributed by atoms with E-state index < -0.39 is 11.2 Å². The third-order valence-electron chi connectivity index (χ3n) is 3.66. The molecule has 6 heteroatoms. The first-order chi connectivity index (χ1) is 10.7. The molecule has 22 heavy (non-hydrogen) atoms. The molecule has 3 rings (SSSR count). The second-order valence-corrected chi connectivity index (χ2v) is 7.06. The fourth-order valence-electron chi connectivity index (χ4n) is 2.48. The summed E-state index contributed by atoms with van der Waals surface area (Å²) >= 11 is 5.47. The largest absolute Gasteiger partial charge is 0.616 e. The maximum absolute atomic E-state index is 11.5. The number of nitriles is 1. The predicted octanol–water partition coefficient (Wildman–Crippen LogP) is 2.84. The maximum Gasteiger partial charge on any atom is 0.149 e. The Labute approximate surface area is 137 Å². The summed E-state index contributed by atoms with van der Waals surface area (Å²) in [7, 11) is 0. The van der Waals surface area contributed by atoms with Crippen LogP contribution in [0.15, 0.2) is 36.4 Å². The van der Waals surface area contributed by atoms with Crippen molar-refractivity contribution in [3.63, 3.8) is 0 Å². The fraction of sp³-hybridized carbons (Fsp3) is 0.250. The van der Waals surface area contributed by atoms with Crippen LogP contribution in [0.2, 0.25) is 5.15 Å². The highest BCUT2D eigenvalue weighted by Crippen LogP contribution is 2.31. The zero-order valence-electron chi connectivity index (χ0n) is 11.8. The lowest BCUT2D eigenvalue weighted by molar-refractivity contribution is 0.585. The van der Waals surface area contributed by atoms with Crippen LogP contribution in [0.5, 0.6) is 0 Å². The number of rotatable bonds is 2. The van der Waals surface area contributed by atoms with Crippen LogP contribution in [0.4, 0.5) is 5.82 Å². The highest BCUT2D eigenvalue weighted by molar-refractivity contribution is 7.91. The number of benzene rings is 1. The average Bonchev–Trinajstić information content (AvgIpc) is 2.55. The number of halogens is 1. The van der Waals surface area contributed by atoms with Crippen molar-refractivity contribution in [3.8, 4) is 17.2 Å². The van der Waals surface area contributed by atoms with Crippen molar-refractivity contribution in [2.45, 2.75) is 0 Å². The number of hydrogen-bond donors (Lipinski definition) is 0. The molecule has 1 saturated heterocycles. The standard InChI is InChI=1S/C16H14ClN3OS/c17-16-14(11-18)13(12-4-2-1-3-5-12)10-15(19-16)20-6-8-22(21)9-7-20/h1-5,10H,6-9H2. The Morgan fingerprint density at radius 2 is 1.91 bits per heavy atom. The van der Waals surface area contributed by atoms with Crippen LogP contribution in [0.25, 0.3) is 11.1 Å². The Morgan fingerprint density at radius 1 is 1.23 bits per heavy atom. The summed E-state index contributed by atoms with van der Waals surface area (Å²) in [5, 5.41) is 9.58. The lowest BCUT2D eigenvalue weighted by atomic mass is 10.0. The third kappa shape index (κ3) is 3.05. The van der Waals surface area contributed by atoms with Gasteiger partial charge in [0.2, 0.25) is 0 Å². The molecule has 2 heterocycles. The number of aromatic nitrogens is 1. The van der Waals surface area contributed by atoms with Gasteiger partial charge in [0.1, 0.15) is 28.5 Å². The molecule has 1 aliphatic rings. The molecule has 112 valence electrons. The zero-order chi connectivity index (χ0) is 15.5. The molecule has 0 unspecified atom stereocenters. The number of anilines is 1. The molecule has 0 aliphatic carbocycles. The summed E-state index contributed by atoms with van der Waals surface area (Å²) in [4.78, 5) is 6.42. The highest BCUT2D eigenvalue weighted by atomic mass is 35.5. The van der Waals surface area contributed by atoms with E-state index in [4.69, 9.17) is 11.6 Å². The third-order valence-corrected chi connectivity index (χ3v) is 5.21. The normalized spacial score (nSPS) is 15.6. The Balaban J connectivity index is 2.04. The van der Waals surface area contributed by atoms with Gasteiger partial charge in [-0.25, -0.2) is 4.98 Å². The van der Waals surface area contributed by atoms with Crippen molar-refractivity contribution >= 4 is 28.6 Å². The molecule has 0 N–H and O–H groups in total. The lowest BCUT2D eigenvalue weighted by Crippen LogP contribution is -2.40. The van der Waals surface area contributed by atoms with E-state index in [9.17, 15) is 9.81 Å². The molecule has 0 atom stereocenters. The van der Waals surface area contributed by atoms with E-state index in [-0.39, 0.29) is 5.15 Å². The van der Waals surface area contributed by atoms with Crippen molar-refractivity contribution in [2.24, 2.45) is 0 Å². The van der Waals surface area contributed by atoms with Gasteiger partial charge in [-0.1, -0.05) is 53.1 Å². The monoisotopic (exact) mass is 331 g/mol. The van der Waals surface area contributed by atoms with Gasteiger partial charge in [-0.2, -0.15) is 5.26 Å². The van der Waals surface area contributed by atoms with Crippen LogP contribution in [0.3, 0.4) is 0 Å². The van der Waals surface area contributed by atoms with Gasteiger partial charge in [0, 0.05) is 5.56 Å². The molecule has 0 radical (unpaired) electrons. The summed E-state index contributed by atoms with van der Waals surface area (Å²) in [6.45, 7) is 1.38. The molecule has 0 amide bonds. The van der Waals surface area contributed by atoms with Crippen molar-refractivity contribution in [1.29, 1.82) is 5.26 Å². The summed E-state index contributed by atoms with van der Waals surface area (Å²) < 4.78 is 11.5. The summed E-state index contributed by atoms with van der Waals surface area (Å²) in [5.74, 6) is 2.01. The van der Waals surface area contributed by atoms with E-state index in [1.54, 1.807) is 0 Å².